The van der Waals surface area contributed by atoms with Gasteiger partial charge >= 0.3 is 20.7 Å². The molecule has 0 aliphatic rings. The van der Waals surface area contributed by atoms with Crippen LogP contribution in [0.15, 0.2) is 0 Å². The fourth-order valence-corrected chi connectivity index (χ4v) is 6.25. The lowest BCUT2D eigenvalue weighted by atomic mass is 10.3. The standard InChI is InChI=1S/C17H34O7SSi/c1-6-20-16(18)14-15(17(19)21-7-2)25-12-11-13-26(22-8-3,23-9-4)24-10-5/h15H,6-14H2,1-5H3. The maximum atomic E-state index is 12.1. The summed E-state index contributed by atoms with van der Waals surface area (Å²) < 4.78 is 27.5. The number of thioether (sulfide) groups is 1. The SMILES string of the molecule is CCOC(=O)CC(SCCC[Si](OCC)(OCC)OCC)C(=O)OCC. The van der Waals surface area contributed by atoms with Crippen LogP contribution in [0, 0.1) is 0 Å². The molecular formula is C17H34O7SSi. The molecule has 154 valence electrons. The van der Waals surface area contributed by atoms with Crippen LogP contribution in [0.2, 0.25) is 6.04 Å². The van der Waals surface area contributed by atoms with Gasteiger partial charge in [-0.1, -0.05) is 0 Å². The van der Waals surface area contributed by atoms with Gasteiger partial charge in [-0.15, -0.1) is 11.8 Å². The summed E-state index contributed by atoms with van der Waals surface area (Å²) in [4.78, 5) is 23.8. The second-order valence-corrected chi connectivity index (χ2v) is 9.25. The Hall–Kier alpha value is -0.613. The predicted molar refractivity (Wildman–Crippen MR) is 104 cm³/mol. The average molecular weight is 411 g/mol. The van der Waals surface area contributed by atoms with Crippen molar-refractivity contribution in [2.45, 2.75) is 58.8 Å². The fourth-order valence-electron chi connectivity index (χ4n) is 2.33. The van der Waals surface area contributed by atoms with Crippen LogP contribution < -0.4 is 0 Å². The Kier molecular flexibility index (Phi) is 15.1. The van der Waals surface area contributed by atoms with Gasteiger partial charge in [0.2, 0.25) is 0 Å². The van der Waals surface area contributed by atoms with E-state index < -0.39 is 14.1 Å². The molecule has 0 saturated carbocycles. The van der Waals surface area contributed by atoms with Crippen molar-refractivity contribution in [3.63, 3.8) is 0 Å². The summed E-state index contributed by atoms with van der Waals surface area (Å²) in [6.45, 7) is 11.4. The van der Waals surface area contributed by atoms with Gasteiger partial charge in [0.25, 0.3) is 0 Å². The zero-order chi connectivity index (χ0) is 19.8. The molecule has 0 spiro atoms. The Bertz CT molecular complexity index is 378. The van der Waals surface area contributed by atoms with E-state index in [1.54, 1.807) is 13.8 Å². The van der Waals surface area contributed by atoms with Crippen LogP contribution in [0.5, 0.6) is 0 Å². The quantitative estimate of drug-likeness (QED) is 0.218. The topological polar surface area (TPSA) is 80.3 Å². The van der Waals surface area contributed by atoms with Crippen molar-refractivity contribution in [1.29, 1.82) is 0 Å². The zero-order valence-corrected chi connectivity index (χ0v) is 18.5. The monoisotopic (exact) mass is 410 g/mol. The Morgan fingerprint density at radius 2 is 1.38 bits per heavy atom. The number of hydrogen-bond acceptors (Lipinski definition) is 8. The van der Waals surface area contributed by atoms with Crippen molar-refractivity contribution < 1.29 is 32.3 Å². The minimum atomic E-state index is -2.68. The molecule has 1 atom stereocenters. The van der Waals surface area contributed by atoms with Crippen LogP contribution in [0.25, 0.3) is 0 Å². The van der Waals surface area contributed by atoms with Gasteiger partial charge in [0.1, 0.15) is 5.25 Å². The highest BCUT2D eigenvalue weighted by molar-refractivity contribution is 8.00. The molecular weight excluding hydrogens is 376 g/mol. The molecule has 0 aliphatic carbocycles. The van der Waals surface area contributed by atoms with Gasteiger partial charge in [-0.2, -0.15) is 0 Å². The van der Waals surface area contributed by atoms with Crippen molar-refractivity contribution in [3.05, 3.63) is 0 Å². The Labute approximate surface area is 162 Å². The summed E-state index contributed by atoms with van der Waals surface area (Å²) in [7, 11) is -2.68. The van der Waals surface area contributed by atoms with Gasteiger partial charge in [-0.3, -0.25) is 9.59 Å². The van der Waals surface area contributed by atoms with Gasteiger partial charge in [-0.25, -0.2) is 0 Å². The van der Waals surface area contributed by atoms with E-state index in [0.29, 0.717) is 38.2 Å². The fraction of sp³-hybridized carbons (Fsp3) is 0.882. The summed E-state index contributed by atoms with van der Waals surface area (Å²) in [5, 5.41) is -0.559. The smallest absolute Gasteiger partial charge is 0.466 e. The summed E-state index contributed by atoms with van der Waals surface area (Å²) in [6.07, 6.45) is 0.776. The van der Waals surface area contributed by atoms with Crippen LogP contribution in [0.3, 0.4) is 0 Å². The Morgan fingerprint density at radius 1 is 0.846 bits per heavy atom. The van der Waals surface area contributed by atoms with Gasteiger partial charge in [0.05, 0.1) is 19.6 Å². The molecule has 0 aromatic rings. The van der Waals surface area contributed by atoms with Gasteiger partial charge in [0.15, 0.2) is 0 Å². The molecule has 0 fully saturated rings. The Morgan fingerprint density at radius 3 is 1.85 bits per heavy atom. The molecule has 0 aromatic carbocycles. The molecule has 0 radical (unpaired) electrons. The molecule has 0 N–H and O–H groups in total. The van der Waals surface area contributed by atoms with Crippen LogP contribution in [-0.2, 0) is 32.3 Å². The summed E-state index contributed by atoms with van der Waals surface area (Å²) in [5.41, 5.74) is 0. The third-order valence-electron chi connectivity index (χ3n) is 3.25. The van der Waals surface area contributed by atoms with Crippen molar-refractivity contribution in [2.75, 3.05) is 38.8 Å². The lowest BCUT2D eigenvalue weighted by Gasteiger charge is -2.28. The van der Waals surface area contributed by atoms with E-state index in [0.717, 1.165) is 6.42 Å². The van der Waals surface area contributed by atoms with Gasteiger partial charge in [0, 0.05) is 25.9 Å². The molecule has 0 heterocycles. The lowest BCUT2D eigenvalue weighted by Crippen LogP contribution is -2.46. The van der Waals surface area contributed by atoms with Crippen molar-refractivity contribution in [1.82, 2.24) is 0 Å². The van der Waals surface area contributed by atoms with Crippen LogP contribution in [0.4, 0.5) is 0 Å². The van der Waals surface area contributed by atoms with Gasteiger partial charge in [-0.05, 0) is 46.8 Å². The molecule has 0 saturated heterocycles. The summed E-state index contributed by atoms with van der Waals surface area (Å²) in [5.74, 6) is -0.0987. The minimum absolute atomic E-state index is 0.0162. The van der Waals surface area contributed by atoms with Crippen molar-refractivity contribution in [3.8, 4) is 0 Å². The van der Waals surface area contributed by atoms with Crippen LogP contribution >= 0.6 is 11.8 Å². The molecule has 26 heavy (non-hydrogen) atoms. The van der Waals surface area contributed by atoms with E-state index in [9.17, 15) is 9.59 Å². The van der Waals surface area contributed by atoms with E-state index >= 15 is 0 Å². The average Bonchev–Trinajstić information content (AvgIpc) is 2.58. The second-order valence-electron chi connectivity index (χ2n) is 5.21. The normalized spacial score (nSPS) is 12.7. The molecule has 0 aromatic heterocycles. The highest BCUT2D eigenvalue weighted by atomic mass is 32.2. The highest BCUT2D eigenvalue weighted by Gasteiger charge is 2.39. The van der Waals surface area contributed by atoms with Crippen molar-refractivity contribution >= 4 is 32.5 Å². The third kappa shape index (κ3) is 10.5. The summed E-state index contributed by atoms with van der Waals surface area (Å²) >= 11 is 1.40. The first-order valence-corrected chi connectivity index (χ1v) is 12.3. The minimum Gasteiger partial charge on any atom is -0.466 e. The van der Waals surface area contributed by atoms with Crippen LogP contribution in [0.1, 0.15) is 47.5 Å². The number of carbonyl (C=O) groups is 2. The zero-order valence-electron chi connectivity index (χ0n) is 16.7. The largest absolute Gasteiger partial charge is 0.500 e. The van der Waals surface area contributed by atoms with E-state index in [1.165, 1.54) is 11.8 Å². The first kappa shape index (κ1) is 25.4. The molecule has 0 rings (SSSR count). The third-order valence-corrected chi connectivity index (χ3v) is 7.68. The van der Waals surface area contributed by atoms with Gasteiger partial charge < -0.3 is 22.8 Å². The number of esters is 2. The van der Waals surface area contributed by atoms with E-state index in [-0.39, 0.29) is 25.0 Å². The molecule has 0 aliphatic heterocycles. The maximum absolute atomic E-state index is 12.1. The molecule has 0 amide bonds. The predicted octanol–water partition coefficient (Wildman–Crippen LogP) is 3.04. The summed E-state index contributed by atoms with van der Waals surface area (Å²) in [6, 6.07) is 0.671. The van der Waals surface area contributed by atoms with Crippen LogP contribution in [-0.4, -0.2) is 64.8 Å². The number of rotatable bonds is 16. The first-order valence-electron chi connectivity index (χ1n) is 9.34. The van der Waals surface area contributed by atoms with E-state index in [1.807, 2.05) is 20.8 Å². The molecule has 7 nitrogen and oxygen atoms in total. The molecule has 0 bridgehead atoms. The van der Waals surface area contributed by atoms with Crippen molar-refractivity contribution in [2.24, 2.45) is 0 Å². The second kappa shape index (κ2) is 15.4. The number of ether oxygens (including phenoxy) is 2. The number of hydrogen-bond donors (Lipinski definition) is 0. The van der Waals surface area contributed by atoms with E-state index in [2.05, 4.69) is 0 Å². The first-order chi connectivity index (χ1) is 12.5. The molecule has 1 unspecified atom stereocenters. The number of carbonyl (C=O) groups excluding carboxylic acids is 2. The Balaban J connectivity index is 4.64. The highest BCUT2D eigenvalue weighted by Crippen LogP contribution is 2.23. The maximum Gasteiger partial charge on any atom is 0.500 e. The van der Waals surface area contributed by atoms with E-state index in [4.69, 9.17) is 22.8 Å². The lowest BCUT2D eigenvalue weighted by molar-refractivity contribution is -0.149. The molecule has 9 heteroatoms.